The van der Waals surface area contributed by atoms with Crippen LogP contribution < -0.4 is 10.1 Å². The number of carbonyl (C=O) groups is 3. The molecule has 0 bridgehead atoms. The fourth-order valence-electron chi connectivity index (χ4n) is 4.46. The van der Waals surface area contributed by atoms with Crippen LogP contribution in [0.15, 0.2) is 42.5 Å². The lowest BCUT2D eigenvalue weighted by atomic mass is 9.75. The van der Waals surface area contributed by atoms with Crippen LogP contribution in [0.5, 0.6) is 5.75 Å². The van der Waals surface area contributed by atoms with Crippen LogP contribution in [0.25, 0.3) is 0 Å². The summed E-state index contributed by atoms with van der Waals surface area (Å²) in [5.74, 6) is -0.370. The molecule has 1 N–H and O–H groups in total. The van der Waals surface area contributed by atoms with Crippen LogP contribution in [0.2, 0.25) is 5.02 Å². The quantitative estimate of drug-likeness (QED) is 0.462. The largest absolute Gasteiger partial charge is 0.495 e. The third-order valence-electron chi connectivity index (χ3n) is 6.36. The molecule has 3 atom stereocenters. The van der Waals surface area contributed by atoms with Crippen molar-refractivity contribution in [3.05, 3.63) is 58.6 Å². The van der Waals surface area contributed by atoms with Gasteiger partial charge < -0.3 is 19.5 Å². The SMILES string of the molecule is COc1ccc(Cl)cc1NC(=O)COC(=O)c1ccccc1C(=O)O[C@@H]1C[C@H](C)CC[C@H]1C(C)C. The number of ether oxygens (including phenoxy) is 3. The summed E-state index contributed by atoms with van der Waals surface area (Å²) < 4.78 is 16.3. The molecule has 1 aliphatic rings. The first-order valence-electron chi connectivity index (χ1n) is 11.8. The van der Waals surface area contributed by atoms with E-state index in [0.717, 1.165) is 19.3 Å². The Labute approximate surface area is 211 Å². The zero-order valence-corrected chi connectivity index (χ0v) is 21.3. The monoisotopic (exact) mass is 501 g/mol. The molecule has 0 heterocycles. The second kappa shape index (κ2) is 12.1. The molecule has 0 saturated heterocycles. The summed E-state index contributed by atoms with van der Waals surface area (Å²) in [6.45, 7) is 5.88. The third kappa shape index (κ3) is 6.98. The molecule has 1 saturated carbocycles. The van der Waals surface area contributed by atoms with Crippen molar-refractivity contribution in [2.24, 2.45) is 17.8 Å². The second-order valence-corrected chi connectivity index (χ2v) is 9.72. The van der Waals surface area contributed by atoms with Gasteiger partial charge in [-0.25, -0.2) is 9.59 Å². The maximum atomic E-state index is 13.1. The molecule has 1 amide bonds. The van der Waals surface area contributed by atoms with E-state index in [2.05, 4.69) is 26.1 Å². The van der Waals surface area contributed by atoms with Crippen LogP contribution >= 0.6 is 11.6 Å². The summed E-state index contributed by atoms with van der Waals surface area (Å²) in [6.07, 6.45) is 2.72. The summed E-state index contributed by atoms with van der Waals surface area (Å²) in [7, 11) is 1.46. The molecule has 0 aliphatic heterocycles. The van der Waals surface area contributed by atoms with Crippen LogP contribution in [-0.2, 0) is 14.3 Å². The Morgan fingerprint density at radius 1 is 1.06 bits per heavy atom. The van der Waals surface area contributed by atoms with Crippen molar-refractivity contribution < 1.29 is 28.6 Å². The van der Waals surface area contributed by atoms with Gasteiger partial charge in [-0.1, -0.05) is 50.9 Å². The topological polar surface area (TPSA) is 90.9 Å². The van der Waals surface area contributed by atoms with Gasteiger partial charge >= 0.3 is 11.9 Å². The van der Waals surface area contributed by atoms with E-state index in [4.69, 9.17) is 25.8 Å². The number of hydrogen-bond acceptors (Lipinski definition) is 6. The number of hydrogen-bond donors (Lipinski definition) is 1. The molecule has 0 radical (unpaired) electrons. The van der Waals surface area contributed by atoms with Crippen molar-refractivity contribution in [3.63, 3.8) is 0 Å². The molecule has 35 heavy (non-hydrogen) atoms. The minimum Gasteiger partial charge on any atom is -0.495 e. The number of benzene rings is 2. The van der Waals surface area contributed by atoms with Crippen LogP contribution in [0.1, 0.15) is 60.7 Å². The first-order valence-corrected chi connectivity index (χ1v) is 12.2. The molecular weight excluding hydrogens is 470 g/mol. The molecule has 3 rings (SSSR count). The van der Waals surface area contributed by atoms with Crippen molar-refractivity contribution in [3.8, 4) is 5.75 Å². The molecule has 1 fully saturated rings. The van der Waals surface area contributed by atoms with Crippen LogP contribution in [-0.4, -0.2) is 37.7 Å². The Balaban J connectivity index is 1.66. The van der Waals surface area contributed by atoms with Crippen molar-refractivity contribution in [1.82, 2.24) is 0 Å². The Morgan fingerprint density at radius 2 is 1.74 bits per heavy atom. The molecule has 2 aromatic carbocycles. The highest BCUT2D eigenvalue weighted by Crippen LogP contribution is 2.36. The standard InChI is InChI=1S/C27H32ClNO6/c1-16(2)19-11-9-17(3)13-24(19)35-27(32)21-8-6-5-7-20(21)26(31)34-15-25(30)29-22-14-18(28)10-12-23(22)33-4/h5-8,10,12,14,16-17,19,24H,9,11,13,15H2,1-4H3,(H,29,30)/t17-,19+,24-/m1/s1. The van der Waals surface area contributed by atoms with E-state index in [1.807, 2.05) is 0 Å². The predicted octanol–water partition coefficient (Wildman–Crippen LogP) is 5.76. The van der Waals surface area contributed by atoms with Crippen LogP contribution in [0.4, 0.5) is 5.69 Å². The average molecular weight is 502 g/mol. The second-order valence-electron chi connectivity index (χ2n) is 9.28. The number of halogens is 1. The van der Waals surface area contributed by atoms with Gasteiger partial charge in [0.05, 0.1) is 23.9 Å². The third-order valence-corrected chi connectivity index (χ3v) is 6.59. The van der Waals surface area contributed by atoms with Gasteiger partial charge in [0.2, 0.25) is 0 Å². The summed E-state index contributed by atoms with van der Waals surface area (Å²) in [6, 6.07) is 11.1. The average Bonchev–Trinajstić information content (AvgIpc) is 2.82. The van der Waals surface area contributed by atoms with E-state index >= 15 is 0 Å². The normalized spacial score (nSPS) is 19.7. The van der Waals surface area contributed by atoms with Gasteiger partial charge in [-0.15, -0.1) is 0 Å². The van der Waals surface area contributed by atoms with Gasteiger partial charge in [-0.05, 0) is 60.9 Å². The maximum Gasteiger partial charge on any atom is 0.339 e. The first kappa shape index (κ1) is 26.5. The molecule has 2 aromatic rings. The van der Waals surface area contributed by atoms with Crippen LogP contribution in [0, 0.1) is 17.8 Å². The zero-order chi connectivity index (χ0) is 25.5. The molecule has 8 heteroatoms. The van der Waals surface area contributed by atoms with Crippen molar-refractivity contribution >= 4 is 35.1 Å². The molecule has 1 aliphatic carbocycles. The lowest BCUT2D eigenvalue weighted by molar-refractivity contribution is -0.119. The number of amides is 1. The van der Waals surface area contributed by atoms with Crippen molar-refractivity contribution in [2.75, 3.05) is 19.0 Å². The highest BCUT2D eigenvalue weighted by atomic mass is 35.5. The lowest BCUT2D eigenvalue weighted by Gasteiger charge is -2.36. The Bertz CT molecular complexity index is 1070. The van der Waals surface area contributed by atoms with Crippen LogP contribution in [0.3, 0.4) is 0 Å². The Kier molecular flexibility index (Phi) is 9.15. The van der Waals surface area contributed by atoms with E-state index in [1.165, 1.54) is 25.3 Å². The number of rotatable bonds is 8. The molecular formula is C27H32ClNO6. The minimum absolute atomic E-state index is 0.0515. The number of nitrogens with one attached hydrogen (secondary N) is 1. The molecule has 0 spiro atoms. The lowest BCUT2D eigenvalue weighted by Crippen LogP contribution is -2.36. The van der Waals surface area contributed by atoms with E-state index in [9.17, 15) is 14.4 Å². The Morgan fingerprint density at radius 3 is 2.40 bits per heavy atom. The fraction of sp³-hybridized carbons (Fsp3) is 0.444. The maximum absolute atomic E-state index is 13.1. The van der Waals surface area contributed by atoms with Gasteiger partial charge in [0, 0.05) is 5.02 Å². The smallest absolute Gasteiger partial charge is 0.339 e. The van der Waals surface area contributed by atoms with E-state index in [1.54, 1.807) is 24.3 Å². The summed E-state index contributed by atoms with van der Waals surface area (Å²) >= 11 is 5.98. The van der Waals surface area contributed by atoms with Gasteiger partial charge in [0.1, 0.15) is 11.9 Å². The predicted molar refractivity (Wildman–Crippen MR) is 134 cm³/mol. The van der Waals surface area contributed by atoms with E-state index in [0.29, 0.717) is 28.3 Å². The number of anilines is 1. The molecule has 188 valence electrons. The van der Waals surface area contributed by atoms with Gasteiger partial charge in [-0.2, -0.15) is 0 Å². The zero-order valence-electron chi connectivity index (χ0n) is 20.5. The summed E-state index contributed by atoms with van der Waals surface area (Å²) in [5.41, 5.74) is 0.525. The molecule has 0 unspecified atom stereocenters. The minimum atomic E-state index is -0.789. The fourth-order valence-corrected chi connectivity index (χ4v) is 4.64. The van der Waals surface area contributed by atoms with Gasteiger partial charge in [-0.3, -0.25) is 4.79 Å². The van der Waals surface area contributed by atoms with E-state index < -0.39 is 24.5 Å². The first-order chi connectivity index (χ1) is 16.7. The van der Waals surface area contributed by atoms with E-state index in [-0.39, 0.29) is 23.1 Å². The number of carbonyl (C=O) groups excluding carboxylic acids is 3. The van der Waals surface area contributed by atoms with Gasteiger partial charge in [0.25, 0.3) is 5.91 Å². The highest BCUT2D eigenvalue weighted by Gasteiger charge is 2.34. The van der Waals surface area contributed by atoms with Crippen molar-refractivity contribution in [2.45, 2.75) is 46.1 Å². The summed E-state index contributed by atoms with van der Waals surface area (Å²) in [4.78, 5) is 38.2. The number of methoxy groups -OCH3 is 1. The Hall–Kier alpha value is -3.06. The van der Waals surface area contributed by atoms with Crippen molar-refractivity contribution in [1.29, 1.82) is 0 Å². The number of esters is 2. The van der Waals surface area contributed by atoms with Gasteiger partial charge in [0.15, 0.2) is 6.61 Å². The highest BCUT2D eigenvalue weighted by molar-refractivity contribution is 6.31. The molecule has 0 aromatic heterocycles. The summed E-state index contributed by atoms with van der Waals surface area (Å²) in [5, 5.41) is 3.02. The molecule has 7 nitrogen and oxygen atoms in total.